The Balaban J connectivity index is 2.48. The molecule has 0 amide bonds. The summed E-state index contributed by atoms with van der Waals surface area (Å²) in [6.07, 6.45) is 6.86. The van der Waals surface area contributed by atoms with Crippen LogP contribution in [0.25, 0.3) is 0 Å². The molecule has 0 spiro atoms. The number of nitrogens with two attached hydrogens (primary N) is 1. The van der Waals surface area contributed by atoms with E-state index in [-0.39, 0.29) is 0 Å². The summed E-state index contributed by atoms with van der Waals surface area (Å²) in [4.78, 5) is 2.61. The molecule has 0 radical (unpaired) electrons. The van der Waals surface area contributed by atoms with E-state index in [1.165, 1.54) is 45.2 Å². The van der Waals surface area contributed by atoms with Gasteiger partial charge in [-0.1, -0.05) is 26.7 Å². The second-order valence-electron chi connectivity index (χ2n) is 4.50. The van der Waals surface area contributed by atoms with Gasteiger partial charge in [-0.15, -0.1) is 0 Å². The Kier molecular flexibility index (Phi) is 5.49. The van der Waals surface area contributed by atoms with Crippen molar-refractivity contribution in [3.8, 4) is 0 Å². The molecule has 2 unspecified atom stereocenters. The molecule has 0 bridgehead atoms. The molecular formula is C12H26N2. The Morgan fingerprint density at radius 1 is 1.14 bits per heavy atom. The van der Waals surface area contributed by atoms with Crippen molar-refractivity contribution in [3.63, 3.8) is 0 Å². The van der Waals surface area contributed by atoms with E-state index in [1.807, 2.05) is 0 Å². The van der Waals surface area contributed by atoms with Crippen molar-refractivity contribution in [1.82, 2.24) is 4.90 Å². The van der Waals surface area contributed by atoms with E-state index < -0.39 is 0 Å². The molecule has 2 heteroatoms. The van der Waals surface area contributed by atoms with Crippen LogP contribution in [0.3, 0.4) is 0 Å². The average molecular weight is 198 g/mol. The fraction of sp³-hybridized carbons (Fsp3) is 1.00. The van der Waals surface area contributed by atoms with Crippen LogP contribution in [0.5, 0.6) is 0 Å². The minimum Gasteiger partial charge on any atom is -0.330 e. The molecule has 1 aliphatic rings. The molecule has 0 heterocycles. The van der Waals surface area contributed by atoms with Crippen molar-refractivity contribution in [2.45, 2.75) is 52.0 Å². The lowest BCUT2D eigenvalue weighted by molar-refractivity contribution is 0.183. The second-order valence-corrected chi connectivity index (χ2v) is 4.50. The van der Waals surface area contributed by atoms with Crippen LogP contribution < -0.4 is 5.73 Å². The van der Waals surface area contributed by atoms with E-state index in [0.29, 0.717) is 0 Å². The maximum atomic E-state index is 5.80. The fourth-order valence-corrected chi connectivity index (χ4v) is 2.72. The van der Waals surface area contributed by atoms with Gasteiger partial charge < -0.3 is 10.6 Å². The molecule has 0 aromatic heterocycles. The minimum atomic E-state index is 0.781. The third kappa shape index (κ3) is 3.25. The second kappa shape index (κ2) is 6.41. The van der Waals surface area contributed by atoms with Crippen molar-refractivity contribution >= 4 is 0 Å². The first-order valence-electron chi connectivity index (χ1n) is 6.25. The molecule has 84 valence electrons. The standard InChI is InChI=1S/C12H26N2/c1-3-14(4-2)12-8-6-5-7-11(9-12)10-13/h11-12H,3-10,13H2,1-2H3. The zero-order chi connectivity index (χ0) is 10.4. The van der Waals surface area contributed by atoms with Crippen molar-refractivity contribution in [2.24, 2.45) is 11.7 Å². The van der Waals surface area contributed by atoms with Gasteiger partial charge in [-0.05, 0) is 44.8 Å². The van der Waals surface area contributed by atoms with Crippen LogP contribution in [0.1, 0.15) is 46.0 Å². The van der Waals surface area contributed by atoms with Gasteiger partial charge in [0.25, 0.3) is 0 Å². The van der Waals surface area contributed by atoms with Crippen LogP contribution in [0.15, 0.2) is 0 Å². The minimum absolute atomic E-state index is 0.781. The smallest absolute Gasteiger partial charge is 0.00981 e. The highest BCUT2D eigenvalue weighted by molar-refractivity contribution is 4.78. The molecule has 2 N–H and O–H groups in total. The molecule has 1 fully saturated rings. The summed E-state index contributed by atoms with van der Waals surface area (Å²) >= 11 is 0. The summed E-state index contributed by atoms with van der Waals surface area (Å²) in [5, 5.41) is 0. The van der Waals surface area contributed by atoms with Crippen LogP contribution in [0, 0.1) is 5.92 Å². The SMILES string of the molecule is CCN(CC)C1CCCCC(CN)C1. The average Bonchev–Trinajstić information content (AvgIpc) is 2.45. The number of rotatable bonds is 4. The van der Waals surface area contributed by atoms with E-state index in [0.717, 1.165) is 18.5 Å². The van der Waals surface area contributed by atoms with Gasteiger partial charge in [-0.25, -0.2) is 0 Å². The molecule has 0 aliphatic heterocycles. The van der Waals surface area contributed by atoms with E-state index in [9.17, 15) is 0 Å². The normalized spacial score (nSPS) is 29.1. The van der Waals surface area contributed by atoms with Gasteiger partial charge in [-0.2, -0.15) is 0 Å². The first kappa shape index (κ1) is 12.0. The molecule has 14 heavy (non-hydrogen) atoms. The highest BCUT2D eigenvalue weighted by Crippen LogP contribution is 2.25. The predicted molar refractivity (Wildman–Crippen MR) is 62.3 cm³/mol. The Bertz CT molecular complexity index is 143. The van der Waals surface area contributed by atoms with Crippen LogP contribution in [0.2, 0.25) is 0 Å². The van der Waals surface area contributed by atoms with Crippen LogP contribution in [0.4, 0.5) is 0 Å². The highest BCUT2D eigenvalue weighted by atomic mass is 15.1. The predicted octanol–water partition coefficient (Wildman–Crippen LogP) is 2.24. The lowest BCUT2D eigenvalue weighted by Gasteiger charge is -2.30. The molecule has 0 aromatic rings. The van der Waals surface area contributed by atoms with Gasteiger partial charge in [0.05, 0.1) is 0 Å². The zero-order valence-electron chi connectivity index (χ0n) is 9.84. The quantitative estimate of drug-likeness (QED) is 0.702. The monoisotopic (exact) mass is 198 g/mol. The van der Waals surface area contributed by atoms with E-state index >= 15 is 0 Å². The summed E-state index contributed by atoms with van der Waals surface area (Å²) in [5.74, 6) is 0.781. The molecule has 0 saturated heterocycles. The Morgan fingerprint density at radius 3 is 2.36 bits per heavy atom. The summed E-state index contributed by atoms with van der Waals surface area (Å²) in [5.41, 5.74) is 5.80. The Morgan fingerprint density at radius 2 is 1.79 bits per heavy atom. The molecule has 1 aliphatic carbocycles. The zero-order valence-corrected chi connectivity index (χ0v) is 9.84. The first-order chi connectivity index (χ1) is 6.81. The van der Waals surface area contributed by atoms with Gasteiger partial charge >= 0.3 is 0 Å². The summed E-state index contributed by atoms with van der Waals surface area (Å²) in [6.45, 7) is 7.81. The third-order valence-corrected chi connectivity index (χ3v) is 3.67. The van der Waals surface area contributed by atoms with Gasteiger partial charge in [0.2, 0.25) is 0 Å². The van der Waals surface area contributed by atoms with Gasteiger partial charge in [0, 0.05) is 6.04 Å². The lowest BCUT2D eigenvalue weighted by Crippen LogP contribution is -2.36. The molecule has 0 aromatic carbocycles. The first-order valence-corrected chi connectivity index (χ1v) is 6.25. The van der Waals surface area contributed by atoms with Crippen LogP contribution in [-0.2, 0) is 0 Å². The van der Waals surface area contributed by atoms with Gasteiger partial charge in [-0.3, -0.25) is 0 Å². The van der Waals surface area contributed by atoms with Crippen LogP contribution >= 0.6 is 0 Å². The third-order valence-electron chi connectivity index (χ3n) is 3.67. The maximum absolute atomic E-state index is 5.80. The number of hydrogen-bond acceptors (Lipinski definition) is 2. The number of nitrogens with zero attached hydrogens (tertiary/aromatic N) is 1. The maximum Gasteiger partial charge on any atom is 0.00981 e. The Labute approximate surface area is 88.8 Å². The molecule has 1 rings (SSSR count). The van der Waals surface area contributed by atoms with Gasteiger partial charge in [0.1, 0.15) is 0 Å². The fourth-order valence-electron chi connectivity index (χ4n) is 2.72. The highest BCUT2D eigenvalue weighted by Gasteiger charge is 2.22. The molecular weight excluding hydrogens is 172 g/mol. The van der Waals surface area contributed by atoms with Gasteiger partial charge in [0.15, 0.2) is 0 Å². The van der Waals surface area contributed by atoms with E-state index in [1.54, 1.807) is 0 Å². The van der Waals surface area contributed by atoms with E-state index in [4.69, 9.17) is 5.73 Å². The summed E-state index contributed by atoms with van der Waals surface area (Å²) < 4.78 is 0. The Hall–Kier alpha value is -0.0800. The summed E-state index contributed by atoms with van der Waals surface area (Å²) in [6, 6.07) is 0.807. The molecule has 2 atom stereocenters. The van der Waals surface area contributed by atoms with E-state index in [2.05, 4.69) is 18.7 Å². The largest absolute Gasteiger partial charge is 0.330 e. The molecule has 2 nitrogen and oxygen atoms in total. The van der Waals surface area contributed by atoms with Crippen LogP contribution in [-0.4, -0.2) is 30.6 Å². The van der Waals surface area contributed by atoms with Crippen molar-refractivity contribution < 1.29 is 0 Å². The topological polar surface area (TPSA) is 29.3 Å². The van der Waals surface area contributed by atoms with Crippen molar-refractivity contribution in [3.05, 3.63) is 0 Å². The summed E-state index contributed by atoms with van der Waals surface area (Å²) in [7, 11) is 0. The lowest BCUT2D eigenvalue weighted by atomic mass is 9.97. The number of hydrogen-bond donors (Lipinski definition) is 1. The van der Waals surface area contributed by atoms with Crippen molar-refractivity contribution in [1.29, 1.82) is 0 Å². The molecule has 1 saturated carbocycles. The van der Waals surface area contributed by atoms with Crippen molar-refractivity contribution in [2.75, 3.05) is 19.6 Å².